The van der Waals surface area contributed by atoms with Crippen molar-refractivity contribution < 1.29 is 23.9 Å². The van der Waals surface area contributed by atoms with Crippen LogP contribution in [0.3, 0.4) is 0 Å². The Kier molecular flexibility index (Phi) is 6.52. The number of methoxy groups -OCH3 is 1. The SMILES string of the molecule is COc1ccc(Cl)cc1C(=O)CCC(=O)Nc1ncc(CN2C(=O)c3ccccc3C2=O)s1. The van der Waals surface area contributed by atoms with Crippen LogP contribution in [0, 0.1) is 0 Å². The lowest BCUT2D eigenvalue weighted by atomic mass is 10.1. The Labute approximate surface area is 198 Å². The number of ketones is 1. The first kappa shape index (κ1) is 22.6. The van der Waals surface area contributed by atoms with Gasteiger partial charge in [0.25, 0.3) is 11.8 Å². The van der Waals surface area contributed by atoms with Crippen LogP contribution >= 0.6 is 22.9 Å². The standard InChI is InChI=1S/C23H18ClN3O5S/c1-32-19-8-6-13(24)10-17(19)18(28)7-9-20(29)26-23-25-11-14(33-23)12-27-21(30)15-4-2-3-5-16(15)22(27)31/h2-6,8,10-11H,7,9,12H2,1H3,(H,25,26,29). The van der Waals surface area contributed by atoms with E-state index in [1.807, 2.05) is 0 Å². The zero-order valence-corrected chi connectivity index (χ0v) is 19.0. The van der Waals surface area contributed by atoms with E-state index in [0.29, 0.717) is 37.5 Å². The minimum Gasteiger partial charge on any atom is -0.496 e. The molecule has 1 aromatic heterocycles. The quantitative estimate of drug-likeness (QED) is 0.380. The average molecular weight is 484 g/mol. The maximum Gasteiger partial charge on any atom is 0.261 e. The number of imide groups is 1. The second-order valence-corrected chi connectivity index (χ2v) is 8.74. The van der Waals surface area contributed by atoms with Crippen LogP contribution in [0.25, 0.3) is 0 Å². The monoisotopic (exact) mass is 483 g/mol. The molecule has 10 heteroatoms. The summed E-state index contributed by atoms with van der Waals surface area (Å²) >= 11 is 7.11. The van der Waals surface area contributed by atoms with Gasteiger partial charge in [-0.3, -0.25) is 24.1 Å². The van der Waals surface area contributed by atoms with E-state index in [1.165, 1.54) is 19.4 Å². The number of anilines is 1. The number of fused-ring (bicyclic) bond motifs is 1. The van der Waals surface area contributed by atoms with E-state index in [-0.39, 0.29) is 42.9 Å². The number of aromatic nitrogens is 1. The van der Waals surface area contributed by atoms with Crippen molar-refractivity contribution in [1.29, 1.82) is 0 Å². The molecule has 0 saturated heterocycles. The third kappa shape index (κ3) is 4.79. The summed E-state index contributed by atoms with van der Waals surface area (Å²) in [5.41, 5.74) is 1.07. The van der Waals surface area contributed by atoms with Crippen molar-refractivity contribution >= 4 is 51.6 Å². The van der Waals surface area contributed by atoms with Gasteiger partial charge in [-0.2, -0.15) is 0 Å². The zero-order valence-electron chi connectivity index (χ0n) is 17.5. The van der Waals surface area contributed by atoms with Crippen molar-refractivity contribution in [2.24, 2.45) is 0 Å². The van der Waals surface area contributed by atoms with E-state index in [0.717, 1.165) is 16.2 Å². The van der Waals surface area contributed by atoms with Crippen LogP contribution in [0.4, 0.5) is 5.13 Å². The fourth-order valence-corrected chi connectivity index (χ4v) is 4.41. The predicted molar refractivity (Wildman–Crippen MR) is 123 cm³/mol. The van der Waals surface area contributed by atoms with E-state index >= 15 is 0 Å². The number of rotatable bonds is 8. The van der Waals surface area contributed by atoms with Crippen LogP contribution in [0.15, 0.2) is 48.7 Å². The largest absolute Gasteiger partial charge is 0.496 e. The maximum absolute atomic E-state index is 12.5. The van der Waals surface area contributed by atoms with Gasteiger partial charge in [0.05, 0.1) is 30.3 Å². The number of ether oxygens (including phenoxy) is 1. The fraction of sp³-hybridized carbons (Fsp3) is 0.174. The Bertz CT molecular complexity index is 1240. The second-order valence-electron chi connectivity index (χ2n) is 7.19. The summed E-state index contributed by atoms with van der Waals surface area (Å²) in [6.45, 7) is 0.0624. The Morgan fingerprint density at radius 3 is 2.45 bits per heavy atom. The van der Waals surface area contributed by atoms with Crippen LogP contribution in [0.5, 0.6) is 5.75 Å². The summed E-state index contributed by atoms with van der Waals surface area (Å²) in [6.07, 6.45) is 1.42. The Morgan fingerprint density at radius 2 is 1.79 bits per heavy atom. The van der Waals surface area contributed by atoms with Gasteiger partial charge in [-0.15, -0.1) is 0 Å². The number of benzene rings is 2. The molecule has 1 N–H and O–H groups in total. The van der Waals surface area contributed by atoms with E-state index in [2.05, 4.69) is 10.3 Å². The number of Topliss-reactive ketones (excluding diaryl/α,β-unsaturated/α-hetero) is 1. The molecule has 0 unspecified atom stereocenters. The molecule has 4 rings (SSSR count). The van der Waals surface area contributed by atoms with Gasteiger partial charge in [-0.05, 0) is 30.3 Å². The lowest BCUT2D eigenvalue weighted by molar-refractivity contribution is -0.116. The van der Waals surface area contributed by atoms with Crippen LogP contribution in [0.1, 0.15) is 48.8 Å². The highest BCUT2D eigenvalue weighted by Gasteiger charge is 2.35. The molecule has 1 aliphatic rings. The molecule has 168 valence electrons. The molecule has 2 aromatic carbocycles. The number of nitrogens with one attached hydrogen (secondary N) is 1. The number of nitrogens with zero attached hydrogens (tertiary/aromatic N) is 2. The molecule has 0 radical (unpaired) electrons. The molecule has 3 aromatic rings. The molecule has 0 spiro atoms. The summed E-state index contributed by atoms with van der Waals surface area (Å²) in [6, 6.07) is 11.4. The number of hydrogen-bond donors (Lipinski definition) is 1. The number of thiazole rings is 1. The van der Waals surface area contributed by atoms with Crippen LogP contribution in [-0.2, 0) is 11.3 Å². The molecule has 8 nitrogen and oxygen atoms in total. The van der Waals surface area contributed by atoms with E-state index in [4.69, 9.17) is 16.3 Å². The highest BCUT2D eigenvalue weighted by molar-refractivity contribution is 7.15. The van der Waals surface area contributed by atoms with Crippen molar-refractivity contribution in [1.82, 2.24) is 9.88 Å². The minimum atomic E-state index is -0.383. The van der Waals surface area contributed by atoms with Crippen LogP contribution in [-0.4, -0.2) is 40.5 Å². The van der Waals surface area contributed by atoms with Crippen molar-refractivity contribution in [3.63, 3.8) is 0 Å². The first-order chi connectivity index (χ1) is 15.9. The Morgan fingerprint density at radius 1 is 1.09 bits per heavy atom. The van der Waals surface area contributed by atoms with Gasteiger partial charge in [0.1, 0.15) is 5.75 Å². The van der Waals surface area contributed by atoms with Crippen LogP contribution < -0.4 is 10.1 Å². The minimum absolute atomic E-state index is 0.0319. The van der Waals surface area contributed by atoms with Crippen molar-refractivity contribution in [2.75, 3.05) is 12.4 Å². The Balaban J connectivity index is 1.33. The van der Waals surface area contributed by atoms with Gasteiger partial charge in [0.2, 0.25) is 5.91 Å². The molecule has 1 aliphatic heterocycles. The molecule has 0 bridgehead atoms. The molecule has 0 saturated carbocycles. The topological polar surface area (TPSA) is 106 Å². The predicted octanol–water partition coefficient (Wildman–Crippen LogP) is 4.20. The van der Waals surface area contributed by atoms with E-state index in [9.17, 15) is 19.2 Å². The number of carbonyl (C=O) groups excluding carboxylic acids is 4. The highest BCUT2D eigenvalue weighted by atomic mass is 35.5. The van der Waals surface area contributed by atoms with Crippen LogP contribution in [0.2, 0.25) is 5.02 Å². The molecule has 0 aliphatic carbocycles. The molecule has 2 heterocycles. The summed E-state index contributed by atoms with van der Waals surface area (Å²) in [5.74, 6) is -0.974. The number of amides is 3. The fourth-order valence-electron chi connectivity index (χ4n) is 3.42. The van der Waals surface area contributed by atoms with Gasteiger partial charge in [-0.25, -0.2) is 4.98 Å². The third-order valence-corrected chi connectivity index (χ3v) is 6.17. The summed E-state index contributed by atoms with van der Waals surface area (Å²) in [5, 5.41) is 3.36. The summed E-state index contributed by atoms with van der Waals surface area (Å²) in [7, 11) is 1.45. The number of carbonyl (C=O) groups is 4. The first-order valence-corrected chi connectivity index (χ1v) is 11.1. The average Bonchev–Trinajstić information content (AvgIpc) is 3.35. The maximum atomic E-state index is 12.5. The Hall–Kier alpha value is -3.56. The van der Waals surface area contributed by atoms with Gasteiger partial charge in [-0.1, -0.05) is 35.1 Å². The molecule has 0 fully saturated rings. The number of halogens is 1. The van der Waals surface area contributed by atoms with Gasteiger partial charge < -0.3 is 10.1 Å². The van der Waals surface area contributed by atoms with Crippen molar-refractivity contribution in [3.05, 3.63) is 75.3 Å². The van der Waals surface area contributed by atoms with E-state index < -0.39 is 0 Å². The lowest BCUT2D eigenvalue weighted by Gasteiger charge is -2.11. The first-order valence-electron chi connectivity index (χ1n) is 9.94. The molecule has 33 heavy (non-hydrogen) atoms. The van der Waals surface area contributed by atoms with Crippen molar-refractivity contribution in [3.8, 4) is 5.75 Å². The third-order valence-electron chi connectivity index (χ3n) is 5.03. The molecular formula is C23H18ClN3O5S. The van der Waals surface area contributed by atoms with Gasteiger partial charge in [0.15, 0.2) is 10.9 Å². The van der Waals surface area contributed by atoms with Gasteiger partial charge >= 0.3 is 0 Å². The molecule has 3 amide bonds. The van der Waals surface area contributed by atoms with Crippen molar-refractivity contribution in [2.45, 2.75) is 19.4 Å². The summed E-state index contributed by atoms with van der Waals surface area (Å²) < 4.78 is 5.18. The normalized spacial score (nSPS) is 12.6. The zero-order chi connectivity index (χ0) is 23.5. The smallest absolute Gasteiger partial charge is 0.261 e. The molecular weight excluding hydrogens is 466 g/mol. The number of hydrogen-bond acceptors (Lipinski definition) is 7. The lowest BCUT2D eigenvalue weighted by Crippen LogP contribution is -2.28. The summed E-state index contributed by atoms with van der Waals surface area (Å²) in [4.78, 5) is 55.7. The molecule has 0 atom stereocenters. The highest BCUT2D eigenvalue weighted by Crippen LogP contribution is 2.27. The van der Waals surface area contributed by atoms with Gasteiger partial charge in [0, 0.05) is 28.9 Å². The van der Waals surface area contributed by atoms with E-state index in [1.54, 1.807) is 36.4 Å². The second kappa shape index (κ2) is 9.51.